The summed E-state index contributed by atoms with van der Waals surface area (Å²) >= 11 is 0. The number of esters is 1. The van der Waals surface area contributed by atoms with Crippen molar-refractivity contribution in [3.63, 3.8) is 0 Å². The predicted molar refractivity (Wildman–Crippen MR) is 204 cm³/mol. The quantitative estimate of drug-likeness (QED) is 0.145. The summed E-state index contributed by atoms with van der Waals surface area (Å²) in [7, 11) is 0. The Kier molecular flexibility index (Phi) is 11.5. The van der Waals surface area contributed by atoms with Crippen LogP contribution in [-0.2, 0) is 30.2 Å². The maximum Gasteiger partial charge on any atom is 0.437 e. The summed E-state index contributed by atoms with van der Waals surface area (Å²) in [5.74, 6) is -0.983. The normalized spacial score (nSPS) is 18.9. The van der Waals surface area contributed by atoms with E-state index < -0.39 is 41.0 Å². The average molecular weight is 746 g/mol. The van der Waals surface area contributed by atoms with Gasteiger partial charge in [-0.3, -0.25) is 14.9 Å². The van der Waals surface area contributed by atoms with Crippen molar-refractivity contribution in [2.75, 3.05) is 25.0 Å². The molecule has 2 N–H and O–H groups in total. The molecule has 5 rings (SSSR count). The molecule has 3 aliphatic rings. The maximum atomic E-state index is 14.2. The lowest BCUT2D eigenvalue weighted by molar-refractivity contribution is -0.151. The van der Waals surface area contributed by atoms with E-state index in [0.717, 1.165) is 24.0 Å². The predicted octanol–water partition coefficient (Wildman–Crippen LogP) is 7.01. The van der Waals surface area contributed by atoms with Gasteiger partial charge in [-0.25, -0.2) is 14.4 Å². The highest BCUT2D eigenvalue weighted by Crippen LogP contribution is 2.53. The van der Waals surface area contributed by atoms with E-state index in [4.69, 9.17) is 14.2 Å². The van der Waals surface area contributed by atoms with E-state index in [1.165, 1.54) is 0 Å². The zero-order chi connectivity index (χ0) is 39.6. The van der Waals surface area contributed by atoms with Crippen molar-refractivity contribution >= 4 is 41.6 Å². The largest absolute Gasteiger partial charge is 0.456 e. The number of amides is 4. The van der Waals surface area contributed by atoms with E-state index in [9.17, 15) is 24.0 Å². The first-order valence-electron chi connectivity index (χ1n) is 18.7. The maximum absolute atomic E-state index is 14.2. The Morgan fingerprint density at radius 1 is 0.759 bits per heavy atom. The molecule has 13 heteroatoms. The average Bonchev–Trinajstić information content (AvgIpc) is 3.04. The van der Waals surface area contributed by atoms with Crippen LogP contribution in [-0.4, -0.2) is 82.2 Å². The zero-order valence-corrected chi connectivity index (χ0v) is 33.0. The molecule has 13 nitrogen and oxygen atoms in total. The first kappa shape index (κ1) is 40.2. The molecule has 292 valence electrons. The van der Waals surface area contributed by atoms with Gasteiger partial charge in [-0.05, 0) is 135 Å². The molecule has 1 saturated carbocycles. The summed E-state index contributed by atoms with van der Waals surface area (Å²) in [5.41, 5.74) is 0.494. The van der Waals surface area contributed by atoms with Crippen LogP contribution >= 0.6 is 0 Å². The Morgan fingerprint density at radius 3 is 1.94 bits per heavy atom. The number of likely N-dealkylation sites (tertiary alicyclic amines) is 1. The number of carbonyl (C=O) groups is 5. The summed E-state index contributed by atoms with van der Waals surface area (Å²) < 4.78 is 16.3. The minimum absolute atomic E-state index is 0.0447. The van der Waals surface area contributed by atoms with Gasteiger partial charge in [-0.2, -0.15) is 0 Å². The van der Waals surface area contributed by atoms with Crippen LogP contribution in [0.3, 0.4) is 0 Å². The number of benzene rings is 2. The number of hydrogen-bond acceptors (Lipinski definition) is 8. The van der Waals surface area contributed by atoms with Crippen LogP contribution in [0.2, 0.25) is 0 Å². The second kappa shape index (κ2) is 15.4. The number of rotatable bonds is 4. The first-order chi connectivity index (χ1) is 25.1. The number of ether oxygens (including phenoxy) is 3. The molecule has 2 aromatic carbocycles. The van der Waals surface area contributed by atoms with Gasteiger partial charge in [0.1, 0.15) is 22.8 Å². The third-order valence-corrected chi connectivity index (χ3v) is 9.64. The van der Waals surface area contributed by atoms with Crippen molar-refractivity contribution in [3.8, 4) is 0 Å². The van der Waals surface area contributed by atoms with Gasteiger partial charge in [0.05, 0.1) is 5.56 Å². The Hall–Kier alpha value is -4.94. The fourth-order valence-corrected chi connectivity index (χ4v) is 7.26. The number of aliphatic imine (C=N–C) groups is 1. The van der Waals surface area contributed by atoms with Crippen molar-refractivity contribution in [1.82, 2.24) is 15.1 Å². The lowest BCUT2D eigenvalue weighted by Gasteiger charge is -2.53. The molecule has 0 aromatic heterocycles. The second-order valence-electron chi connectivity index (χ2n) is 17.6. The molecule has 4 amide bonds. The highest BCUT2D eigenvalue weighted by Gasteiger charge is 2.51. The molecule has 2 aromatic rings. The summed E-state index contributed by atoms with van der Waals surface area (Å²) in [5, 5.41) is 5.62. The van der Waals surface area contributed by atoms with Crippen molar-refractivity contribution in [1.29, 1.82) is 0 Å². The topological polar surface area (TPSA) is 156 Å². The van der Waals surface area contributed by atoms with E-state index in [2.05, 4.69) is 15.6 Å². The van der Waals surface area contributed by atoms with Gasteiger partial charge in [-0.15, -0.1) is 4.99 Å². The van der Waals surface area contributed by atoms with Gasteiger partial charge >= 0.3 is 18.2 Å². The minimum atomic E-state index is -0.817. The number of nitrogens with zero attached hydrogens (tertiary/aromatic N) is 3. The van der Waals surface area contributed by atoms with Crippen molar-refractivity contribution in [2.24, 2.45) is 16.3 Å². The number of piperidine rings is 1. The Bertz CT molecular complexity index is 1770. The van der Waals surface area contributed by atoms with E-state index in [-0.39, 0.29) is 29.1 Å². The SMILES string of the molecule is CC(C)(C)OC(=O)/N=C(\NC(=O)OC(C)(C)C)N1CCC2(CC1)CC(C(=O)N1CCc3ccccc3[C@H]1C(=O)Nc1ccc(C(=O)OC(C)(C)C)cc1)C2. The Morgan fingerprint density at radius 2 is 1.35 bits per heavy atom. The number of alkyl carbamates (subject to hydrolysis) is 1. The molecule has 1 aliphatic carbocycles. The fraction of sp³-hybridized carbons (Fsp3) is 0.561. The number of nitrogens with one attached hydrogen (secondary N) is 2. The first-order valence-corrected chi connectivity index (χ1v) is 18.7. The van der Waals surface area contributed by atoms with Crippen LogP contribution in [0.5, 0.6) is 0 Å². The minimum Gasteiger partial charge on any atom is -0.456 e. The number of hydrogen-bond donors (Lipinski definition) is 2. The van der Waals surface area contributed by atoms with Gasteiger partial charge < -0.3 is 29.3 Å². The molecule has 0 radical (unpaired) electrons. The zero-order valence-electron chi connectivity index (χ0n) is 33.0. The molecule has 1 saturated heterocycles. The van der Waals surface area contributed by atoms with Gasteiger partial charge in [0.15, 0.2) is 0 Å². The van der Waals surface area contributed by atoms with E-state index in [1.807, 2.05) is 29.2 Å². The standard InChI is InChI=1S/C41H55N5O8/c1-38(2,3)52-34(49)27-14-16-29(17-15-27)42-32(47)31-30-13-11-10-12-26(30)18-21-46(31)33(48)28-24-41(25-28)19-22-45(23-20-41)35(43-36(50)53-39(4,5)6)44-37(51)54-40(7,8)9/h10-17,28,31H,18-25H2,1-9H3,(H,42,47)(H,43,44,50,51)/t31-/m0/s1. The van der Waals surface area contributed by atoms with Gasteiger partial charge in [0.2, 0.25) is 11.9 Å². The number of carbonyl (C=O) groups excluding carboxylic acids is 5. The Labute approximate surface area is 318 Å². The highest BCUT2D eigenvalue weighted by molar-refractivity contribution is 6.00. The smallest absolute Gasteiger partial charge is 0.437 e. The van der Waals surface area contributed by atoms with E-state index >= 15 is 0 Å². The van der Waals surface area contributed by atoms with Gasteiger partial charge in [-0.1, -0.05) is 24.3 Å². The van der Waals surface area contributed by atoms with Crippen LogP contribution in [0.1, 0.15) is 116 Å². The van der Waals surface area contributed by atoms with Crippen LogP contribution in [0.4, 0.5) is 15.3 Å². The third kappa shape index (κ3) is 10.4. The molecule has 2 heterocycles. The van der Waals surface area contributed by atoms with Crippen molar-refractivity contribution in [2.45, 2.75) is 117 Å². The summed E-state index contributed by atoms with van der Waals surface area (Å²) in [4.78, 5) is 73.7. The number of anilines is 1. The van der Waals surface area contributed by atoms with Crippen LogP contribution < -0.4 is 10.6 Å². The van der Waals surface area contributed by atoms with Crippen LogP contribution in [0.15, 0.2) is 53.5 Å². The molecule has 1 atom stereocenters. The summed E-state index contributed by atoms with van der Waals surface area (Å²) in [6.45, 7) is 17.3. The lowest BCUT2D eigenvalue weighted by atomic mass is 9.57. The summed E-state index contributed by atoms with van der Waals surface area (Å²) in [6.07, 6.45) is 1.92. The van der Waals surface area contributed by atoms with Gasteiger partial charge in [0, 0.05) is 31.2 Å². The molecular weight excluding hydrogens is 690 g/mol. The molecule has 54 heavy (non-hydrogen) atoms. The molecule has 2 aliphatic heterocycles. The van der Waals surface area contributed by atoms with E-state index in [1.54, 1.807) is 91.5 Å². The van der Waals surface area contributed by atoms with E-state index in [0.29, 0.717) is 50.1 Å². The monoisotopic (exact) mass is 745 g/mol. The van der Waals surface area contributed by atoms with Crippen molar-refractivity contribution in [3.05, 3.63) is 65.2 Å². The molecular formula is C41H55N5O8. The third-order valence-electron chi connectivity index (χ3n) is 9.64. The highest BCUT2D eigenvalue weighted by atomic mass is 16.6. The summed E-state index contributed by atoms with van der Waals surface area (Å²) in [6, 6.07) is 13.5. The van der Waals surface area contributed by atoms with Crippen molar-refractivity contribution < 1.29 is 38.2 Å². The molecule has 0 bridgehead atoms. The lowest BCUT2D eigenvalue weighted by Crippen LogP contribution is -2.56. The fourth-order valence-electron chi connectivity index (χ4n) is 7.26. The Balaban J connectivity index is 1.24. The number of guanidine groups is 1. The second-order valence-corrected chi connectivity index (χ2v) is 17.6. The van der Waals surface area contributed by atoms with Crippen LogP contribution in [0, 0.1) is 11.3 Å². The molecule has 1 spiro atoms. The molecule has 0 unspecified atom stereocenters. The molecule has 2 fully saturated rings. The van der Waals surface area contributed by atoms with Gasteiger partial charge in [0.25, 0.3) is 5.91 Å². The van der Waals surface area contributed by atoms with Crippen LogP contribution in [0.25, 0.3) is 0 Å². The number of fused-ring (bicyclic) bond motifs is 1.